The predicted octanol–water partition coefficient (Wildman–Crippen LogP) is 2.04. The molecule has 2 N–H and O–H groups in total. The number of rotatable bonds is 4. The lowest BCUT2D eigenvalue weighted by atomic mass is 9.95. The molecule has 2 unspecified atom stereocenters. The molecule has 0 aliphatic carbocycles. The molecule has 0 saturated carbocycles. The molecule has 19 heavy (non-hydrogen) atoms. The van der Waals surface area contributed by atoms with Gasteiger partial charge in [0.2, 0.25) is 5.91 Å². The van der Waals surface area contributed by atoms with Gasteiger partial charge in [-0.2, -0.15) is 0 Å². The second-order valence-corrected chi connectivity index (χ2v) is 5.61. The summed E-state index contributed by atoms with van der Waals surface area (Å²) in [7, 11) is 0. The zero-order valence-electron chi connectivity index (χ0n) is 11.9. The van der Waals surface area contributed by atoms with Gasteiger partial charge in [-0.25, -0.2) is 0 Å². The molecular weight excluding hydrogens is 236 g/mol. The predicted molar refractivity (Wildman–Crippen MR) is 78.1 cm³/mol. The Balaban J connectivity index is 1.72. The van der Waals surface area contributed by atoms with Crippen molar-refractivity contribution in [1.29, 1.82) is 0 Å². The molecule has 3 heteroatoms. The molecule has 1 aliphatic rings. The number of aryl methyl sites for hydroxylation is 1. The van der Waals surface area contributed by atoms with Crippen molar-refractivity contribution in [2.45, 2.75) is 39.2 Å². The fourth-order valence-corrected chi connectivity index (χ4v) is 2.56. The Bertz CT molecular complexity index is 423. The van der Waals surface area contributed by atoms with E-state index in [1.165, 1.54) is 11.1 Å². The minimum Gasteiger partial charge on any atom is -0.355 e. The average Bonchev–Trinajstić information content (AvgIpc) is 2.39. The SMILES string of the molecule is Cc1cccc(CCNC(=O)C2CCC(C)NC2)c1. The van der Waals surface area contributed by atoms with Crippen LogP contribution in [0.4, 0.5) is 0 Å². The van der Waals surface area contributed by atoms with Crippen molar-refractivity contribution in [2.75, 3.05) is 13.1 Å². The van der Waals surface area contributed by atoms with Crippen molar-refractivity contribution in [3.05, 3.63) is 35.4 Å². The summed E-state index contributed by atoms with van der Waals surface area (Å²) >= 11 is 0. The molecule has 0 radical (unpaired) electrons. The van der Waals surface area contributed by atoms with Crippen LogP contribution < -0.4 is 10.6 Å². The van der Waals surface area contributed by atoms with Crippen LogP contribution in [0.5, 0.6) is 0 Å². The van der Waals surface area contributed by atoms with Crippen molar-refractivity contribution in [1.82, 2.24) is 10.6 Å². The van der Waals surface area contributed by atoms with Gasteiger partial charge in [0.05, 0.1) is 5.92 Å². The monoisotopic (exact) mass is 260 g/mol. The molecule has 1 saturated heterocycles. The first kappa shape index (κ1) is 14.1. The molecule has 1 aromatic carbocycles. The third-order valence-corrected chi connectivity index (χ3v) is 3.83. The van der Waals surface area contributed by atoms with E-state index in [-0.39, 0.29) is 11.8 Å². The first-order valence-electron chi connectivity index (χ1n) is 7.22. The van der Waals surface area contributed by atoms with E-state index in [1.54, 1.807) is 0 Å². The highest BCUT2D eigenvalue weighted by Gasteiger charge is 2.23. The topological polar surface area (TPSA) is 41.1 Å². The molecule has 2 atom stereocenters. The number of carbonyl (C=O) groups is 1. The molecule has 0 aromatic heterocycles. The summed E-state index contributed by atoms with van der Waals surface area (Å²) in [6.45, 7) is 5.81. The fraction of sp³-hybridized carbons (Fsp3) is 0.562. The third-order valence-electron chi connectivity index (χ3n) is 3.83. The molecule has 3 nitrogen and oxygen atoms in total. The Labute approximate surface area is 115 Å². The van der Waals surface area contributed by atoms with E-state index in [1.807, 2.05) is 0 Å². The lowest BCUT2D eigenvalue weighted by Crippen LogP contribution is -2.44. The summed E-state index contributed by atoms with van der Waals surface area (Å²) < 4.78 is 0. The van der Waals surface area contributed by atoms with Gasteiger partial charge in [0.1, 0.15) is 0 Å². The van der Waals surface area contributed by atoms with Crippen LogP contribution in [-0.2, 0) is 11.2 Å². The van der Waals surface area contributed by atoms with Crippen molar-refractivity contribution < 1.29 is 4.79 Å². The Morgan fingerprint density at radius 1 is 1.42 bits per heavy atom. The maximum Gasteiger partial charge on any atom is 0.224 e. The van der Waals surface area contributed by atoms with Crippen LogP contribution in [0.1, 0.15) is 30.9 Å². The number of benzene rings is 1. The van der Waals surface area contributed by atoms with Crippen LogP contribution in [0.15, 0.2) is 24.3 Å². The number of amides is 1. The van der Waals surface area contributed by atoms with Crippen molar-refractivity contribution in [3.63, 3.8) is 0 Å². The van der Waals surface area contributed by atoms with Gasteiger partial charge in [0, 0.05) is 19.1 Å². The number of hydrogen-bond donors (Lipinski definition) is 2. The van der Waals surface area contributed by atoms with Gasteiger partial charge < -0.3 is 10.6 Å². The minimum absolute atomic E-state index is 0.147. The maximum atomic E-state index is 12.0. The van der Waals surface area contributed by atoms with Crippen LogP contribution in [0, 0.1) is 12.8 Å². The van der Waals surface area contributed by atoms with E-state index in [0.717, 1.165) is 32.4 Å². The van der Waals surface area contributed by atoms with Crippen molar-refractivity contribution in [3.8, 4) is 0 Å². The molecule has 104 valence electrons. The van der Waals surface area contributed by atoms with Gasteiger partial charge in [0.15, 0.2) is 0 Å². The van der Waals surface area contributed by atoms with Gasteiger partial charge in [-0.1, -0.05) is 29.8 Å². The van der Waals surface area contributed by atoms with E-state index in [2.05, 4.69) is 48.7 Å². The second-order valence-electron chi connectivity index (χ2n) is 5.61. The number of piperidine rings is 1. The number of nitrogens with one attached hydrogen (secondary N) is 2. The number of hydrogen-bond acceptors (Lipinski definition) is 2. The Hall–Kier alpha value is -1.35. The third kappa shape index (κ3) is 4.35. The fourth-order valence-electron chi connectivity index (χ4n) is 2.56. The molecule has 2 rings (SSSR count). The Morgan fingerprint density at radius 3 is 2.95 bits per heavy atom. The molecular formula is C16H24N2O. The first-order valence-corrected chi connectivity index (χ1v) is 7.22. The van der Waals surface area contributed by atoms with Crippen LogP contribution in [-0.4, -0.2) is 25.0 Å². The van der Waals surface area contributed by atoms with Gasteiger partial charge >= 0.3 is 0 Å². The molecule has 1 amide bonds. The average molecular weight is 260 g/mol. The normalized spacial score (nSPS) is 23.1. The van der Waals surface area contributed by atoms with E-state index < -0.39 is 0 Å². The summed E-state index contributed by atoms with van der Waals surface area (Å²) in [5.41, 5.74) is 2.56. The van der Waals surface area contributed by atoms with Crippen LogP contribution in [0.3, 0.4) is 0 Å². The van der Waals surface area contributed by atoms with E-state index in [9.17, 15) is 4.79 Å². The summed E-state index contributed by atoms with van der Waals surface area (Å²) in [4.78, 5) is 12.0. The first-order chi connectivity index (χ1) is 9.15. The summed E-state index contributed by atoms with van der Waals surface area (Å²) in [5.74, 6) is 0.348. The highest BCUT2D eigenvalue weighted by molar-refractivity contribution is 5.79. The van der Waals surface area contributed by atoms with Crippen LogP contribution in [0.25, 0.3) is 0 Å². The van der Waals surface area contributed by atoms with Crippen molar-refractivity contribution in [2.24, 2.45) is 5.92 Å². The lowest BCUT2D eigenvalue weighted by Gasteiger charge is -2.26. The Kier molecular flexibility index (Phi) is 4.97. The summed E-state index contributed by atoms with van der Waals surface area (Å²) in [6, 6.07) is 9.01. The lowest BCUT2D eigenvalue weighted by molar-refractivity contribution is -0.125. The molecule has 0 spiro atoms. The van der Waals surface area contributed by atoms with Gasteiger partial charge in [-0.3, -0.25) is 4.79 Å². The summed E-state index contributed by atoms with van der Waals surface area (Å²) in [5, 5.41) is 6.42. The van der Waals surface area contributed by atoms with Crippen LogP contribution >= 0.6 is 0 Å². The zero-order chi connectivity index (χ0) is 13.7. The molecule has 1 heterocycles. The van der Waals surface area contributed by atoms with Gasteiger partial charge in [-0.15, -0.1) is 0 Å². The smallest absolute Gasteiger partial charge is 0.224 e. The standard InChI is InChI=1S/C16H24N2O/c1-12-4-3-5-14(10-12)8-9-17-16(19)15-7-6-13(2)18-11-15/h3-5,10,13,15,18H,6-9,11H2,1-2H3,(H,17,19). The molecule has 1 aliphatic heterocycles. The van der Waals surface area contributed by atoms with Crippen molar-refractivity contribution >= 4 is 5.91 Å². The minimum atomic E-state index is 0.147. The number of carbonyl (C=O) groups excluding carboxylic acids is 1. The highest BCUT2D eigenvalue weighted by atomic mass is 16.1. The Morgan fingerprint density at radius 2 is 2.26 bits per heavy atom. The zero-order valence-corrected chi connectivity index (χ0v) is 11.9. The largest absolute Gasteiger partial charge is 0.355 e. The second kappa shape index (κ2) is 6.71. The quantitative estimate of drug-likeness (QED) is 0.870. The van der Waals surface area contributed by atoms with E-state index in [0.29, 0.717) is 6.04 Å². The van der Waals surface area contributed by atoms with Crippen LogP contribution in [0.2, 0.25) is 0 Å². The van der Waals surface area contributed by atoms with E-state index >= 15 is 0 Å². The van der Waals surface area contributed by atoms with E-state index in [4.69, 9.17) is 0 Å². The van der Waals surface area contributed by atoms with Gasteiger partial charge in [0.25, 0.3) is 0 Å². The molecule has 1 fully saturated rings. The molecule has 1 aromatic rings. The maximum absolute atomic E-state index is 12.0. The van der Waals surface area contributed by atoms with Gasteiger partial charge in [-0.05, 0) is 38.7 Å². The molecule has 0 bridgehead atoms. The highest BCUT2D eigenvalue weighted by Crippen LogP contribution is 2.14. The summed E-state index contributed by atoms with van der Waals surface area (Å²) in [6.07, 6.45) is 3.00.